The SMILES string of the molecule is COc1ccc(COc2c(Cl)cc(C(N)=NC(=O)C(=O)NCc3ccc(O)cc3)cc2Cl)cc1. The number of phenolic OH excluding ortho intramolecular Hbond substituents is 1. The number of carbonyl (C=O) groups is 2. The van der Waals surface area contributed by atoms with Gasteiger partial charge in [-0.2, -0.15) is 4.99 Å². The van der Waals surface area contributed by atoms with E-state index in [1.54, 1.807) is 31.4 Å². The summed E-state index contributed by atoms with van der Waals surface area (Å²) in [6, 6.07) is 16.3. The van der Waals surface area contributed by atoms with Gasteiger partial charge in [-0.25, -0.2) is 0 Å². The normalized spacial score (nSPS) is 11.1. The molecule has 0 aliphatic rings. The first-order chi connectivity index (χ1) is 16.3. The molecule has 4 N–H and O–H groups in total. The molecule has 0 bridgehead atoms. The van der Waals surface area contributed by atoms with Crippen LogP contribution in [0.2, 0.25) is 10.0 Å². The van der Waals surface area contributed by atoms with Gasteiger partial charge in [0.05, 0.1) is 17.2 Å². The number of nitrogens with zero attached hydrogens (tertiary/aromatic N) is 1. The lowest BCUT2D eigenvalue weighted by Crippen LogP contribution is -2.31. The molecule has 0 fully saturated rings. The van der Waals surface area contributed by atoms with Crippen molar-refractivity contribution in [3.63, 3.8) is 0 Å². The molecule has 0 atom stereocenters. The van der Waals surface area contributed by atoms with Gasteiger partial charge in [0.1, 0.15) is 23.9 Å². The number of benzene rings is 3. The molecule has 3 aromatic carbocycles. The number of amidine groups is 1. The van der Waals surface area contributed by atoms with Gasteiger partial charge in [0, 0.05) is 12.1 Å². The van der Waals surface area contributed by atoms with Crippen LogP contribution in [0.3, 0.4) is 0 Å². The predicted octanol–water partition coefficient (Wildman–Crippen LogP) is 3.83. The Morgan fingerprint density at radius 2 is 1.59 bits per heavy atom. The molecule has 0 aliphatic carbocycles. The molecule has 8 nitrogen and oxygen atoms in total. The number of nitrogens with two attached hydrogens (primary N) is 1. The van der Waals surface area contributed by atoms with E-state index in [0.29, 0.717) is 5.56 Å². The van der Waals surface area contributed by atoms with Crippen LogP contribution in [0.4, 0.5) is 0 Å². The zero-order valence-corrected chi connectivity index (χ0v) is 19.6. The molecule has 0 heterocycles. The fourth-order valence-corrected chi connectivity index (χ4v) is 3.42. The van der Waals surface area contributed by atoms with Crippen LogP contribution >= 0.6 is 23.2 Å². The summed E-state index contributed by atoms with van der Waals surface area (Å²) < 4.78 is 10.9. The molecule has 2 amide bonds. The number of nitrogens with one attached hydrogen (secondary N) is 1. The Hall–Kier alpha value is -3.75. The van der Waals surface area contributed by atoms with Gasteiger partial charge < -0.3 is 25.6 Å². The molecular formula is C24H21Cl2N3O5. The third kappa shape index (κ3) is 6.63. The van der Waals surface area contributed by atoms with Crippen molar-refractivity contribution >= 4 is 40.9 Å². The monoisotopic (exact) mass is 501 g/mol. The van der Waals surface area contributed by atoms with Crippen molar-refractivity contribution in [3.05, 3.63) is 87.4 Å². The summed E-state index contributed by atoms with van der Waals surface area (Å²) in [5, 5.41) is 12.0. The second kappa shape index (κ2) is 11.4. The molecule has 0 radical (unpaired) electrons. The number of hydrogen-bond donors (Lipinski definition) is 3. The number of halogens is 2. The van der Waals surface area contributed by atoms with Crippen molar-refractivity contribution < 1.29 is 24.2 Å². The summed E-state index contributed by atoms with van der Waals surface area (Å²) in [6.45, 7) is 0.296. The van der Waals surface area contributed by atoms with Crippen molar-refractivity contribution in [3.8, 4) is 17.2 Å². The summed E-state index contributed by atoms with van der Waals surface area (Å²) in [7, 11) is 1.58. The highest BCUT2D eigenvalue weighted by Crippen LogP contribution is 2.35. The van der Waals surface area contributed by atoms with Crippen LogP contribution in [-0.2, 0) is 22.7 Å². The molecule has 10 heteroatoms. The average Bonchev–Trinajstić information content (AvgIpc) is 2.83. The molecule has 3 aromatic rings. The van der Waals surface area contributed by atoms with Crippen LogP contribution in [0.15, 0.2) is 65.7 Å². The van der Waals surface area contributed by atoms with Gasteiger partial charge in [-0.3, -0.25) is 9.59 Å². The molecule has 0 unspecified atom stereocenters. The first-order valence-electron chi connectivity index (χ1n) is 9.96. The van der Waals surface area contributed by atoms with Crippen molar-refractivity contribution in [1.29, 1.82) is 0 Å². The van der Waals surface area contributed by atoms with Crippen LogP contribution < -0.4 is 20.5 Å². The van der Waals surface area contributed by atoms with Gasteiger partial charge >= 0.3 is 11.8 Å². The standard InChI is InChI=1S/C24H21Cl2N3O5/c1-33-18-8-4-15(5-9-18)13-34-21-19(25)10-16(11-20(21)26)22(27)29-24(32)23(31)28-12-14-2-6-17(30)7-3-14/h2-11,30H,12-13H2,1H3,(H,28,31)(H2,27,29,32). The number of ether oxygens (including phenoxy) is 2. The van der Waals surface area contributed by atoms with Gasteiger partial charge in [-0.05, 0) is 47.5 Å². The van der Waals surface area contributed by atoms with Crippen molar-refractivity contribution in [2.45, 2.75) is 13.2 Å². The van der Waals surface area contributed by atoms with Crippen molar-refractivity contribution in [2.24, 2.45) is 10.7 Å². The van der Waals surface area contributed by atoms with Gasteiger partial charge in [-0.1, -0.05) is 47.5 Å². The van der Waals surface area contributed by atoms with E-state index < -0.39 is 11.8 Å². The number of aliphatic imine (C=N–C) groups is 1. The fraction of sp³-hybridized carbons (Fsp3) is 0.125. The van der Waals surface area contributed by atoms with E-state index >= 15 is 0 Å². The molecule has 176 valence electrons. The molecular weight excluding hydrogens is 481 g/mol. The van der Waals surface area contributed by atoms with E-state index in [2.05, 4.69) is 10.3 Å². The van der Waals surface area contributed by atoms with Gasteiger partial charge in [0.25, 0.3) is 0 Å². The van der Waals surface area contributed by atoms with Gasteiger partial charge in [0.2, 0.25) is 0 Å². The molecule has 0 aromatic heterocycles. The second-order valence-electron chi connectivity index (χ2n) is 7.06. The van der Waals surface area contributed by atoms with Crippen LogP contribution in [0.1, 0.15) is 16.7 Å². The second-order valence-corrected chi connectivity index (χ2v) is 7.87. The van der Waals surface area contributed by atoms with Crippen LogP contribution in [0, 0.1) is 0 Å². The third-order valence-corrected chi connectivity index (χ3v) is 5.20. The number of carbonyl (C=O) groups excluding carboxylic acids is 2. The number of hydrogen-bond acceptors (Lipinski definition) is 5. The summed E-state index contributed by atoms with van der Waals surface area (Å²) in [5.41, 5.74) is 7.72. The molecule has 0 saturated carbocycles. The Morgan fingerprint density at radius 3 is 2.18 bits per heavy atom. The van der Waals surface area contributed by atoms with Crippen LogP contribution in [0.5, 0.6) is 17.2 Å². The van der Waals surface area contributed by atoms with E-state index in [9.17, 15) is 14.7 Å². The third-order valence-electron chi connectivity index (χ3n) is 4.64. The van der Waals surface area contributed by atoms with Crippen molar-refractivity contribution in [2.75, 3.05) is 7.11 Å². The molecule has 0 aliphatic heterocycles. The average molecular weight is 502 g/mol. The summed E-state index contributed by atoms with van der Waals surface area (Å²) in [6.07, 6.45) is 0. The number of rotatable bonds is 7. The Bertz CT molecular complexity index is 1190. The molecule has 0 spiro atoms. The van der Waals surface area contributed by atoms with Gasteiger partial charge in [-0.15, -0.1) is 0 Å². The Labute approximate surface area is 205 Å². The lowest BCUT2D eigenvalue weighted by Gasteiger charge is -2.12. The van der Waals surface area contributed by atoms with Gasteiger partial charge in [0.15, 0.2) is 5.75 Å². The largest absolute Gasteiger partial charge is 0.508 e. The minimum absolute atomic E-state index is 0.0815. The van der Waals surface area contributed by atoms with E-state index in [4.69, 9.17) is 38.4 Å². The first kappa shape index (κ1) is 24.9. The number of amides is 2. The molecule has 3 rings (SSSR count). The van der Waals surface area contributed by atoms with E-state index in [1.165, 1.54) is 24.3 Å². The topological polar surface area (TPSA) is 123 Å². The van der Waals surface area contributed by atoms with Crippen LogP contribution in [-0.4, -0.2) is 29.9 Å². The highest BCUT2D eigenvalue weighted by atomic mass is 35.5. The summed E-state index contributed by atoms with van der Waals surface area (Å²) in [4.78, 5) is 27.8. The quantitative estimate of drug-likeness (QED) is 0.256. The Balaban J connectivity index is 1.64. The fourth-order valence-electron chi connectivity index (χ4n) is 2.82. The minimum Gasteiger partial charge on any atom is -0.508 e. The maximum Gasteiger partial charge on any atom is 0.336 e. The zero-order valence-electron chi connectivity index (χ0n) is 18.0. The summed E-state index contributed by atoms with van der Waals surface area (Å²) >= 11 is 12.6. The number of phenols is 1. The first-order valence-corrected chi connectivity index (χ1v) is 10.7. The van der Waals surface area contributed by atoms with Crippen LogP contribution in [0.25, 0.3) is 0 Å². The smallest absolute Gasteiger partial charge is 0.336 e. The highest BCUT2D eigenvalue weighted by molar-refractivity contribution is 6.39. The lowest BCUT2D eigenvalue weighted by atomic mass is 10.2. The van der Waals surface area contributed by atoms with Crippen molar-refractivity contribution in [1.82, 2.24) is 5.32 Å². The Kier molecular flexibility index (Phi) is 8.34. The maximum atomic E-state index is 12.1. The highest BCUT2D eigenvalue weighted by Gasteiger charge is 2.16. The van der Waals surface area contributed by atoms with E-state index in [0.717, 1.165) is 11.3 Å². The minimum atomic E-state index is -1.08. The summed E-state index contributed by atoms with van der Waals surface area (Å²) in [5.74, 6) is -1.18. The molecule has 0 saturated heterocycles. The predicted molar refractivity (Wildman–Crippen MR) is 129 cm³/mol. The number of aromatic hydroxyl groups is 1. The van der Waals surface area contributed by atoms with E-state index in [1.807, 2.05) is 12.1 Å². The van der Waals surface area contributed by atoms with E-state index in [-0.39, 0.29) is 46.1 Å². The molecule has 34 heavy (non-hydrogen) atoms. The maximum absolute atomic E-state index is 12.1. The Morgan fingerprint density at radius 1 is 1.00 bits per heavy atom. The number of methoxy groups -OCH3 is 1. The zero-order chi connectivity index (χ0) is 24.7. The lowest BCUT2D eigenvalue weighted by molar-refractivity contribution is -0.137.